The van der Waals surface area contributed by atoms with Crippen molar-refractivity contribution in [3.63, 3.8) is 0 Å². The van der Waals surface area contributed by atoms with Crippen LogP contribution in [0.4, 0.5) is 0 Å². The van der Waals surface area contributed by atoms with E-state index in [0.29, 0.717) is 6.42 Å². The van der Waals surface area contributed by atoms with E-state index < -0.39 is 11.5 Å². The number of hydrogen-bond acceptors (Lipinski definition) is 3. The highest BCUT2D eigenvalue weighted by Gasteiger charge is 2.42. The first-order valence-electron chi connectivity index (χ1n) is 7.76. The molecule has 0 heterocycles. The molecule has 0 aromatic rings. The molecule has 0 aliphatic heterocycles. The van der Waals surface area contributed by atoms with Gasteiger partial charge < -0.3 is 15.2 Å². The normalized spacial score (nSPS) is 31.3. The first-order chi connectivity index (χ1) is 9.16. The highest BCUT2D eigenvalue weighted by atomic mass is 16.5. The van der Waals surface area contributed by atoms with Crippen LogP contribution in [0.2, 0.25) is 0 Å². The Morgan fingerprint density at radius 3 is 2.84 bits per heavy atom. The molecular weight excluding hydrogens is 242 g/mol. The molecule has 2 rings (SSSR count). The average molecular weight is 269 g/mol. The molecule has 0 aromatic heterocycles. The second-order valence-electron chi connectivity index (χ2n) is 6.14. The van der Waals surface area contributed by atoms with Crippen LogP contribution in [0.3, 0.4) is 0 Å². The molecule has 0 amide bonds. The molecule has 110 valence electrons. The topological polar surface area (TPSA) is 58.6 Å². The summed E-state index contributed by atoms with van der Waals surface area (Å²) in [5.74, 6) is 0.169. The maximum atomic E-state index is 11.6. The number of ether oxygens (including phenoxy) is 1. The molecular formula is C15H27NO3. The second kappa shape index (κ2) is 6.71. The monoisotopic (exact) mass is 269 g/mol. The smallest absolute Gasteiger partial charge is 0.323 e. The molecule has 2 atom stereocenters. The van der Waals surface area contributed by atoms with Crippen LogP contribution in [0.5, 0.6) is 0 Å². The molecule has 2 N–H and O–H groups in total. The molecule has 2 saturated carbocycles. The summed E-state index contributed by atoms with van der Waals surface area (Å²) in [6.07, 6.45) is 8.23. The van der Waals surface area contributed by atoms with Crippen LogP contribution in [0.1, 0.15) is 58.3 Å². The minimum absolute atomic E-state index is 0.118. The Hall–Kier alpha value is -0.610. The van der Waals surface area contributed by atoms with Gasteiger partial charge in [0.2, 0.25) is 0 Å². The fourth-order valence-corrected chi connectivity index (χ4v) is 2.97. The average Bonchev–Trinajstić information content (AvgIpc) is 3.21. The second-order valence-corrected chi connectivity index (χ2v) is 6.14. The van der Waals surface area contributed by atoms with Crippen molar-refractivity contribution in [2.45, 2.75) is 69.9 Å². The highest BCUT2D eigenvalue weighted by Crippen LogP contribution is 2.34. The van der Waals surface area contributed by atoms with Crippen LogP contribution in [-0.2, 0) is 9.53 Å². The number of nitrogens with one attached hydrogen (secondary N) is 1. The van der Waals surface area contributed by atoms with E-state index >= 15 is 0 Å². The Morgan fingerprint density at radius 1 is 1.42 bits per heavy atom. The van der Waals surface area contributed by atoms with Crippen LogP contribution in [-0.4, -0.2) is 35.9 Å². The summed E-state index contributed by atoms with van der Waals surface area (Å²) < 4.78 is 5.92. The van der Waals surface area contributed by atoms with Crippen LogP contribution < -0.4 is 5.32 Å². The van der Waals surface area contributed by atoms with E-state index in [9.17, 15) is 9.90 Å². The van der Waals surface area contributed by atoms with Crippen LogP contribution in [0.15, 0.2) is 0 Å². The van der Waals surface area contributed by atoms with Crippen molar-refractivity contribution >= 4 is 5.97 Å². The van der Waals surface area contributed by atoms with Gasteiger partial charge in [0.05, 0.1) is 6.10 Å². The Balaban J connectivity index is 1.82. The summed E-state index contributed by atoms with van der Waals surface area (Å²) in [4.78, 5) is 11.6. The number of rotatable bonds is 8. The number of carbonyl (C=O) groups is 1. The van der Waals surface area contributed by atoms with Crippen LogP contribution in [0.25, 0.3) is 0 Å². The van der Waals surface area contributed by atoms with Gasteiger partial charge in [0.25, 0.3) is 0 Å². The lowest BCUT2D eigenvalue weighted by molar-refractivity contribution is -0.149. The SMILES string of the molecule is CCCNC1(C(=O)O)CCCC(OCCC2CC2)C1. The maximum Gasteiger partial charge on any atom is 0.323 e. The fraction of sp³-hybridized carbons (Fsp3) is 0.933. The van der Waals surface area contributed by atoms with E-state index in [2.05, 4.69) is 12.2 Å². The number of carboxylic acid groups (broad SMARTS) is 1. The molecule has 0 bridgehead atoms. The number of hydrogen-bond donors (Lipinski definition) is 2. The molecule has 2 aliphatic rings. The van der Waals surface area contributed by atoms with Gasteiger partial charge in [0.15, 0.2) is 0 Å². The van der Waals surface area contributed by atoms with E-state index in [0.717, 1.165) is 51.2 Å². The predicted octanol–water partition coefficient (Wildman–Crippen LogP) is 2.57. The zero-order valence-corrected chi connectivity index (χ0v) is 12.0. The van der Waals surface area contributed by atoms with E-state index in [1.54, 1.807) is 0 Å². The molecule has 0 spiro atoms. The standard InChI is InChI=1S/C15H27NO3/c1-2-9-16-15(14(17)18)8-3-4-13(11-15)19-10-7-12-5-6-12/h12-13,16H,2-11H2,1H3,(H,17,18). The first kappa shape index (κ1) is 14.8. The first-order valence-corrected chi connectivity index (χ1v) is 7.76. The molecule has 19 heavy (non-hydrogen) atoms. The molecule has 2 fully saturated rings. The maximum absolute atomic E-state index is 11.6. The van der Waals surface area contributed by atoms with Gasteiger partial charge in [-0.1, -0.05) is 19.8 Å². The summed E-state index contributed by atoms with van der Waals surface area (Å²) in [6, 6.07) is 0. The molecule has 0 radical (unpaired) electrons. The third-order valence-corrected chi connectivity index (χ3v) is 4.41. The van der Waals surface area contributed by atoms with E-state index in [1.807, 2.05) is 0 Å². The van der Waals surface area contributed by atoms with Gasteiger partial charge in [-0.05, 0) is 44.6 Å². The quantitative estimate of drug-likeness (QED) is 0.711. The Morgan fingerprint density at radius 2 is 2.21 bits per heavy atom. The minimum atomic E-state index is -0.751. The lowest BCUT2D eigenvalue weighted by Crippen LogP contribution is -2.56. The molecule has 4 nitrogen and oxygen atoms in total. The minimum Gasteiger partial charge on any atom is -0.480 e. The number of carboxylic acids is 1. The van der Waals surface area contributed by atoms with Crippen molar-refractivity contribution in [2.24, 2.45) is 5.92 Å². The van der Waals surface area contributed by atoms with Gasteiger partial charge in [-0.2, -0.15) is 0 Å². The summed E-state index contributed by atoms with van der Waals surface area (Å²) >= 11 is 0. The molecule has 0 aromatic carbocycles. The van der Waals surface area contributed by atoms with Crippen molar-refractivity contribution in [2.75, 3.05) is 13.2 Å². The van der Waals surface area contributed by atoms with Crippen molar-refractivity contribution in [1.29, 1.82) is 0 Å². The van der Waals surface area contributed by atoms with E-state index in [1.165, 1.54) is 12.8 Å². The summed E-state index contributed by atoms with van der Waals surface area (Å²) in [7, 11) is 0. The van der Waals surface area contributed by atoms with Gasteiger partial charge in [-0.3, -0.25) is 4.79 Å². The van der Waals surface area contributed by atoms with Crippen molar-refractivity contribution in [1.82, 2.24) is 5.32 Å². The molecule has 2 aliphatic carbocycles. The van der Waals surface area contributed by atoms with E-state index in [4.69, 9.17) is 4.74 Å². The molecule has 0 saturated heterocycles. The third kappa shape index (κ3) is 4.18. The Bertz CT molecular complexity index is 304. The Labute approximate surface area is 115 Å². The number of aliphatic carboxylic acids is 1. The fourth-order valence-electron chi connectivity index (χ4n) is 2.97. The van der Waals surface area contributed by atoms with Crippen molar-refractivity contribution in [3.8, 4) is 0 Å². The highest BCUT2D eigenvalue weighted by molar-refractivity contribution is 5.79. The van der Waals surface area contributed by atoms with E-state index in [-0.39, 0.29) is 6.10 Å². The predicted molar refractivity (Wildman–Crippen MR) is 74.2 cm³/mol. The summed E-state index contributed by atoms with van der Waals surface area (Å²) in [5.41, 5.74) is -0.751. The van der Waals surface area contributed by atoms with Gasteiger partial charge in [-0.25, -0.2) is 0 Å². The summed E-state index contributed by atoms with van der Waals surface area (Å²) in [6.45, 7) is 3.63. The van der Waals surface area contributed by atoms with Crippen LogP contribution >= 0.6 is 0 Å². The lowest BCUT2D eigenvalue weighted by atomic mass is 9.80. The van der Waals surface area contributed by atoms with Gasteiger partial charge in [0, 0.05) is 13.0 Å². The Kier molecular flexibility index (Phi) is 5.22. The van der Waals surface area contributed by atoms with Gasteiger partial charge >= 0.3 is 5.97 Å². The largest absolute Gasteiger partial charge is 0.480 e. The van der Waals surface area contributed by atoms with Crippen molar-refractivity contribution in [3.05, 3.63) is 0 Å². The van der Waals surface area contributed by atoms with Gasteiger partial charge in [0.1, 0.15) is 5.54 Å². The van der Waals surface area contributed by atoms with Crippen molar-refractivity contribution < 1.29 is 14.6 Å². The zero-order valence-electron chi connectivity index (χ0n) is 12.0. The summed E-state index contributed by atoms with van der Waals surface area (Å²) in [5, 5.41) is 12.8. The molecule has 4 heteroatoms. The van der Waals surface area contributed by atoms with Gasteiger partial charge in [-0.15, -0.1) is 0 Å². The zero-order chi connectivity index (χ0) is 13.7. The van der Waals surface area contributed by atoms with Crippen LogP contribution in [0, 0.1) is 5.92 Å². The third-order valence-electron chi connectivity index (χ3n) is 4.41. The molecule has 2 unspecified atom stereocenters. The lowest BCUT2D eigenvalue weighted by Gasteiger charge is -2.38.